The van der Waals surface area contributed by atoms with Gasteiger partial charge in [0.05, 0.1) is 31.6 Å². The van der Waals surface area contributed by atoms with Gasteiger partial charge >= 0.3 is 5.97 Å². The van der Waals surface area contributed by atoms with Crippen LogP contribution in [0.25, 0.3) is 6.08 Å². The second kappa shape index (κ2) is 20.8. The van der Waals surface area contributed by atoms with Crippen LogP contribution in [0.5, 0.6) is 17.2 Å². The summed E-state index contributed by atoms with van der Waals surface area (Å²) in [5, 5.41) is 10.2. The third-order valence-corrected chi connectivity index (χ3v) is 8.98. The molecule has 0 aliphatic heterocycles. The Morgan fingerprint density at radius 3 is 2.22 bits per heavy atom. The molecule has 0 bridgehead atoms. The SMILES string of the molecule is CCCCCCOc1cc(C(=O)c2ccc(O)cc2N(CC)CC)ccc1C(=O)c1cc(OC)ccc1/C=C/C(=O)OCC(CC)CCCC. The minimum absolute atomic E-state index is 0.0778. The molecule has 3 rings (SSSR count). The normalized spacial score (nSPS) is 11.7. The minimum atomic E-state index is -0.466. The van der Waals surface area contributed by atoms with Crippen molar-refractivity contribution >= 4 is 29.3 Å². The summed E-state index contributed by atoms with van der Waals surface area (Å²) in [4.78, 5) is 43.0. The van der Waals surface area contributed by atoms with Gasteiger partial charge in [0.25, 0.3) is 0 Å². The summed E-state index contributed by atoms with van der Waals surface area (Å²) in [5.41, 5.74) is 2.58. The number of benzene rings is 3. The number of ketones is 2. The van der Waals surface area contributed by atoms with E-state index in [1.165, 1.54) is 19.3 Å². The second-order valence-corrected chi connectivity index (χ2v) is 12.5. The van der Waals surface area contributed by atoms with Crippen LogP contribution in [0.3, 0.4) is 0 Å². The fourth-order valence-corrected chi connectivity index (χ4v) is 5.83. The Labute approximate surface area is 298 Å². The maximum absolute atomic E-state index is 14.3. The maximum atomic E-state index is 14.3. The third-order valence-electron chi connectivity index (χ3n) is 8.98. The molecule has 0 aliphatic rings. The Bertz CT molecular complexity index is 1590. The zero-order valence-corrected chi connectivity index (χ0v) is 30.8. The van der Waals surface area contributed by atoms with Gasteiger partial charge in [0.1, 0.15) is 17.2 Å². The van der Waals surface area contributed by atoms with Crippen LogP contribution in [0.15, 0.2) is 60.7 Å². The Morgan fingerprint density at radius 1 is 0.800 bits per heavy atom. The number of methoxy groups -OCH3 is 1. The van der Waals surface area contributed by atoms with Gasteiger partial charge < -0.3 is 24.2 Å². The molecule has 0 saturated carbocycles. The summed E-state index contributed by atoms with van der Waals surface area (Å²) in [7, 11) is 1.53. The van der Waals surface area contributed by atoms with Crippen molar-refractivity contribution in [2.24, 2.45) is 5.92 Å². The third kappa shape index (κ3) is 11.2. The van der Waals surface area contributed by atoms with Crippen molar-refractivity contribution in [3.05, 3.63) is 88.5 Å². The summed E-state index contributed by atoms with van der Waals surface area (Å²) in [5.74, 6) is 0.137. The van der Waals surface area contributed by atoms with Crippen molar-refractivity contribution in [3.63, 3.8) is 0 Å². The first-order chi connectivity index (χ1) is 24.2. The Morgan fingerprint density at radius 2 is 1.54 bits per heavy atom. The van der Waals surface area contributed by atoms with Gasteiger partial charge in [0.2, 0.25) is 0 Å². The van der Waals surface area contributed by atoms with Crippen molar-refractivity contribution in [1.29, 1.82) is 0 Å². The summed E-state index contributed by atoms with van der Waals surface area (Å²) >= 11 is 0. The molecule has 0 aromatic heterocycles. The number of hydrogen-bond acceptors (Lipinski definition) is 8. The molecule has 3 aromatic rings. The van der Waals surface area contributed by atoms with Crippen molar-refractivity contribution in [3.8, 4) is 17.2 Å². The number of rotatable bonds is 22. The molecular formula is C42H55NO7. The first-order valence-corrected chi connectivity index (χ1v) is 18.2. The molecule has 0 heterocycles. The van der Waals surface area contributed by atoms with E-state index in [1.54, 1.807) is 54.6 Å². The number of esters is 1. The molecule has 0 saturated heterocycles. The molecule has 8 heteroatoms. The van der Waals surface area contributed by atoms with Crippen LogP contribution in [-0.2, 0) is 9.53 Å². The largest absolute Gasteiger partial charge is 0.508 e. The van der Waals surface area contributed by atoms with Crippen molar-refractivity contribution in [2.45, 2.75) is 86.0 Å². The van der Waals surface area contributed by atoms with Gasteiger partial charge in [-0.3, -0.25) is 9.59 Å². The molecule has 1 N–H and O–H groups in total. The number of hydrogen-bond donors (Lipinski definition) is 1. The average molecular weight is 686 g/mol. The smallest absolute Gasteiger partial charge is 0.330 e. The second-order valence-electron chi connectivity index (χ2n) is 12.5. The van der Waals surface area contributed by atoms with Gasteiger partial charge in [-0.15, -0.1) is 0 Å². The van der Waals surface area contributed by atoms with Crippen LogP contribution >= 0.6 is 0 Å². The van der Waals surface area contributed by atoms with E-state index in [0.29, 0.717) is 77.2 Å². The number of anilines is 1. The predicted molar refractivity (Wildman–Crippen MR) is 201 cm³/mol. The van der Waals surface area contributed by atoms with E-state index in [9.17, 15) is 19.5 Å². The van der Waals surface area contributed by atoms with Crippen molar-refractivity contribution < 1.29 is 33.7 Å². The quantitative estimate of drug-likeness (QED) is 0.0483. The molecular weight excluding hydrogens is 630 g/mol. The lowest BCUT2D eigenvalue weighted by Gasteiger charge is -2.24. The van der Waals surface area contributed by atoms with Gasteiger partial charge in [0.15, 0.2) is 11.6 Å². The van der Waals surface area contributed by atoms with Crippen LogP contribution < -0.4 is 14.4 Å². The standard InChI is InChI=1S/C42H55NO7/c1-7-12-14-15-25-49-39-26-32(41(46)35-23-20-33(44)27-38(35)43(10-4)11-5)18-22-36(39)42(47)37-28-34(48-6)21-17-31(37)19-24-40(45)50-29-30(9-3)16-13-8-2/h17-24,26-28,30,44H,7-16,25,29H2,1-6H3/b24-19+. The fraction of sp³-hybridized carbons (Fsp3) is 0.452. The molecule has 0 amide bonds. The molecule has 270 valence electrons. The molecule has 0 radical (unpaired) electrons. The van der Waals surface area contributed by atoms with Gasteiger partial charge in [-0.05, 0) is 80.6 Å². The van der Waals surface area contributed by atoms with Crippen molar-refractivity contribution in [1.82, 2.24) is 0 Å². The number of aromatic hydroxyl groups is 1. The van der Waals surface area contributed by atoms with Gasteiger partial charge in [-0.1, -0.05) is 71.4 Å². The van der Waals surface area contributed by atoms with Crippen LogP contribution in [0, 0.1) is 5.92 Å². The van der Waals surface area contributed by atoms with Crippen LogP contribution in [0.2, 0.25) is 0 Å². The zero-order chi connectivity index (χ0) is 36.5. The van der Waals surface area contributed by atoms with E-state index in [-0.39, 0.29) is 17.3 Å². The topological polar surface area (TPSA) is 102 Å². The van der Waals surface area contributed by atoms with E-state index in [0.717, 1.165) is 51.4 Å². The van der Waals surface area contributed by atoms with E-state index in [2.05, 4.69) is 20.8 Å². The Balaban J connectivity index is 2.00. The molecule has 0 fully saturated rings. The monoisotopic (exact) mass is 685 g/mol. The van der Waals surface area contributed by atoms with Crippen LogP contribution in [0.4, 0.5) is 5.69 Å². The predicted octanol–water partition coefficient (Wildman–Crippen LogP) is 9.44. The van der Waals surface area contributed by atoms with E-state index in [4.69, 9.17) is 14.2 Å². The molecule has 0 aliphatic carbocycles. The number of phenolic OH excluding ortho intramolecular Hbond substituents is 1. The minimum Gasteiger partial charge on any atom is -0.508 e. The van der Waals surface area contributed by atoms with Crippen molar-refractivity contribution in [2.75, 3.05) is 38.3 Å². The lowest BCUT2D eigenvalue weighted by atomic mass is 9.94. The fourth-order valence-electron chi connectivity index (χ4n) is 5.83. The zero-order valence-electron chi connectivity index (χ0n) is 30.8. The number of carbonyl (C=O) groups is 3. The summed E-state index contributed by atoms with van der Waals surface area (Å²) < 4.78 is 17.2. The molecule has 1 atom stereocenters. The molecule has 1 unspecified atom stereocenters. The Kier molecular flexibility index (Phi) is 16.6. The molecule has 8 nitrogen and oxygen atoms in total. The molecule has 0 spiro atoms. The highest BCUT2D eigenvalue weighted by Crippen LogP contribution is 2.32. The summed E-state index contributed by atoms with van der Waals surface area (Å²) in [6.45, 7) is 12.4. The number of phenols is 1. The number of nitrogens with zero attached hydrogens (tertiary/aromatic N) is 1. The van der Waals surface area contributed by atoms with Gasteiger partial charge in [-0.2, -0.15) is 0 Å². The average Bonchev–Trinajstić information content (AvgIpc) is 3.13. The highest BCUT2D eigenvalue weighted by molar-refractivity contribution is 6.16. The lowest BCUT2D eigenvalue weighted by Crippen LogP contribution is -2.24. The van der Waals surface area contributed by atoms with Gasteiger partial charge in [0, 0.05) is 41.9 Å². The first-order valence-electron chi connectivity index (χ1n) is 18.2. The summed E-state index contributed by atoms with van der Waals surface area (Å²) in [6, 6.07) is 14.7. The number of ether oxygens (including phenoxy) is 3. The lowest BCUT2D eigenvalue weighted by molar-refractivity contribution is -0.139. The van der Waals surface area contributed by atoms with E-state index in [1.807, 2.05) is 18.7 Å². The maximum Gasteiger partial charge on any atom is 0.330 e. The number of carbonyl (C=O) groups excluding carboxylic acids is 3. The summed E-state index contributed by atoms with van der Waals surface area (Å²) in [6.07, 6.45) is 11.0. The van der Waals surface area contributed by atoms with Crippen LogP contribution in [0.1, 0.15) is 123 Å². The Hall–Kier alpha value is -4.59. The van der Waals surface area contributed by atoms with Gasteiger partial charge in [-0.25, -0.2) is 4.79 Å². The van der Waals surface area contributed by atoms with E-state index >= 15 is 0 Å². The first kappa shape index (κ1) is 39.8. The van der Waals surface area contributed by atoms with E-state index < -0.39 is 5.97 Å². The molecule has 3 aromatic carbocycles. The number of unbranched alkanes of at least 4 members (excludes halogenated alkanes) is 4. The highest BCUT2D eigenvalue weighted by Gasteiger charge is 2.23. The highest BCUT2D eigenvalue weighted by atomic mass is 16.5. The van der Waals surface area contributed by atoms with Crippen LogP contribution in [-0.4, -0.2) is 56.1 Å². The molecule has 50 heavy (non-hydrogen) atoms.